The Morgan fingerprint density at radius 2 is 2.10 bits per heavy atom. The minimum atomic E-state index is -0.185. The van der Waals surface area contributed by atoms with E-state index in [1.54, 1.807) is 12.1 Å². The maximum Gasteiger partial charge on any atom is 0.273 e. The van der Waals surface area contributed by atoms with Crippen molar-refractivity contribution in [1.82, 2.24) is 20.1 Å². The van der Waals surface area contributed by atoms with Crippen molar-refractivity contribution in [1.29, 1.82) is 0 Å². The summed E-state index contributed by atoms with van der Waals surface area (Å²) in [6.45, 7) is 1.96. The lowest BCUT2D eigenvalue weighted by atomic mass is 10.1. The molecule has 0 radical (unpaired) electrons. The van der Waals surface area contributed by atoms with Crippen molar-refractivity contribution in [3.8, 4) is 0 Å². The van der Waals surface area contributed by atoms with Crippen LogP contribution >= 0.6 is 11.6 Å². The first-order chi connectivity index (χ1) is 10.2. The summed E-state index contributed by atoms with van der Waals surface area (Å²) in [5, 5.41) is 13.9. The summed E-state index contributed by atoms with van der Waals surface area (Å²) >= 11 is 5.68. The molecule has 0 saturated carbocycles. The topological polar surface area (TPSA) is 71.8 Å². The molecule has 2 N–H and O–H groups in total. The Morgan fingerprint density at radius 1 is 1.29 bits per heavy atom. The van der Waals surface area contributed by atoms with Crippen molar-refractivity contribution < 1.29 is 4.79 Å². The summed E-state index contributed by atoms with van der Waals surface area (Å²) in [7, 11) is 0. The van der Waals surface area contributed by atoms with E-state index >= 15 is 0 Å². The Morgan fingerprint density at radius 3 is 2.81 bits per heavy atom. The van der Waals surface area contributed by atoms with Crippen LogP contribution in [0.2, 0.25) is 5.15 Å². The van der Waals surface area contributed by atoms with E-state index in [4.69, 9.17) is 11.6 Å². The van der Waals surface area contributed by atoms with Crippen molar-refractivity contribution in [3.63, 3.8) is 0 Å². The zero-order valence-corrected chi connectivity index (χ0v) is 12.2. The third-order valence-corrected chi connectivity index (χ3v) is 3.79. The van der Waals surface area contributed by atoms with Crippen LogP contribution in [0.4, 0.5) is 5.82 Å². The highest BCUT2D eigenvalue weighted by Gasteiger charge is 2.20. The molecule has 21 heavy (non-hydrogen) atoms. The number of carbonyl (C=O) groups excluding carboxylic acids is 1. The molecule has 1 aliphatic heterocycles. The number of carbonyl (C=O) groups is 1. The molecule has 110 valence electrons. The molecule has 3 rings (SSSR count). The van der Waals surface area contributed by atoms with Crippen LogP contribution in [0.25, 0.3) is 0 Å². The van der Waals surface area contributed by atoms with Gasteiger partial charge in [0.05, 0.1) is 0 Å². The van der Waals surface area contributed by atoms with Crippen LogP contribution in [-0.4, -0.2) is 33.8 Å². The predicted molar refractivity (Wildman–Crippen MR) is 80.6 cm³/mol. The quantitative estimate of drug-likeness (QED) is 0.911. The Balaban J connectivity index is 1.75. The van der Waals surface area contributed by atoms with Crippen LogP contribution in [0, 0.1) is 0 Å². The van der Waals surface area contributed by atoms with Gasteiger partial charge in [-0.15, -0.1) is 10.2 Å². The van der Waals surface area contributed by atoms with Crippen molar-refractivity contribution in [3.05, 3.63) is 41.3 Å². The molecule has 0 unspecified atom stereocenters. The zero-order valence-electron chi connectivity index (χ0n) is 11.4. The monoisotopic (exact) mass is 305 g/mol. The molecule has 0 bridgehead atoms. The van der Waals surface area contributed by atoms with E-state index in [0.717, 1.165) is 25.9 Å². The zero-order chi connectivity index (χ0) is 14.7. The maximum atomic E-state index is 12.4. The van der Waals surface area contributed by atoms with Gasteiger partial charge in [0.1, 0.15) is 5.69 Å². The number of hydrogen-bond donors (Lipinski definition) is 2. The lowest BCUT2D eigenvalue weighted by molar-refractivity contribution is 0.101. The second-order valence-corrected chi connectivity index (χ2v) is 5.36. The molecule has 0 aliphatic carbocycles. The Kier molecular flexibility index (Phi) is 4.17. The van der Waals surface area contributed by atoms with E-state index in [0.29, 0.717) is 22.7 Å². The third-order valence-electron chi connectivity index (χ3n) is 3.59. The average molecular weight is 306 g/mol. The first-order valence-corrected chi connectivity index (χ1v) is 7.30. The van der Waals surface area contributed by atoms with Gasteiger partial charge in [-0.1, -0.05) is 11.6 Å². The summed E-state index contributed by atoms with van der Waals surface area (Å²) in [6, 6.07) is 7.30. The van der Waals surface area contributed by atoms with Crippen LogP contribution in [-0.2, 0) is 0 Å². The molecule has 3 heterocycles. The van der Waals surface area contributed by atoms with Crippen molar-refractivity contribution in [2.24, 2.45) is 0 Å². The second kappa shape index (κ2) is 6.24. The van der Waals surface area contributed by atoms with E-state index < -0.39 is 0 Å². The Hall–Kier alpha value is -1.92. The summed E-state index contributed by atoms with van der Waals surface area (Å²) in [4.78, 5) is 12.4. The molecule has 0 spiro atoms. The fraction of sp³-hybridized carbons (Fsp3) is 0.357. The van der Waals surface area contributed by atoms with Crippen LogP contribution in [0.5, 0.6) is 0 Å². The number of aromatic nitrogens is 3. The smallest absolute Gasteiger partial charge is 0.273 e. The van der Waals surface area contributed by atoms with Gasteiger partial charge in [-0.25, -0.2) is 0 Å². The van der Waals surface area contributed by atoms with Gasteiger partial charge in [-0.2, -0.15) is 0 Å². The minimum absolute atomic E-state index is 0.185. The molecule has 2 aromatic rings. The van der Waals surface area contributed by atoms with Crippen molar-refractivity contribution >= 4 is 23.3 Å². The van der Waals surface area contributed by atoms with Gasteiger partial charge in [0.2, 0.25) is 0 Å². The van der Waals surface area contributed by atoms with Crippen LogP contribution < -0.4 is 10.6 Å². The molecular weight excluding hydrogens is 290 g/mol. The van der Waals surface area contributed by atoms with E-state index in [2.05, 4.69) is 20.8 Å². The first kappa shape index (κ1) is 14.0. The highest BCUT2D eigenvalue weighted by atomic mass is 35.5. The number of nitrogens with zero attached hydrogens (tertiary/aromatic N) is 3. The molecule has 7 heteroatoms. The number of anilines is 1. The molecule has 0 aromatic carbocycles. The molecule has 2 aromatic heterocycles. The van der Waals surface area contributed by atoms with E-state index in [1.165, 1.54) is 0 Å². The first-order valence-electron chi connectivity index (χ1n) is 6.92. The van der Waals surface area contributed by atoms with Gasteiger partial charge in [-0.3, -0.25) is 4.79 Å². The molecule has 1 fully saturated rings. The largest absolute Gasteiger partial charge is 0.340 e. The van der Waals surface area contributed by atoms with Crippen molar-refractivity contribution in [2.45, 2.75) is 18.9 Å². The lowest BCUT2D eigenvalue weighted by Crippen LogP contribution is -2.31. The summed E-state index contributed by atoms with van der Waals surface area (Å²) < 4.78 is 2.04. The fourth-order valence-electron chi connectivity index (χ4n) is 2.55. The van der Waals surface area contributed by atoms with Gasteiger partial charge < -0.3 is 15.2 Å². The van der Waals surface area contributed by atoms with Gasteiger partial charge in [0.25, 0.3) is 5.91 Å². The highest BCUT2D eigenvalue weighted by Crippen LogP contribution is 2.21. The van der Waals surface area contributed by atoms with Crippen LogP contribution in [0.3, 0.4) is 0 Å². The maximum absolute atomic E-state index is 12.4. The second-order valence-electron chi connectivity index (χ2n) is 4.98. The van der Waals surface area contributed by atoms with Gasteiger partial charge >= 0.3 is 0 Å². The van der Waals surface area contributed by atoms with Gasteiger partial charge in [0, 0.05) is 12.2 Å². The molecule has 6 nitrogen and oxygen atoms in total. The van der Waals surface area contributed by atoms with E-state index in [-0.39, 0.29) is 5.91 Å². The number of amides is 1. The van der Waals surface area contributed by atoms with Crippen LogP contribution in [0.15, 0.2) is 30.5 Å². The molecule has 1 saturated heterocycles. The fourth-order valence-corrected chi connectivity index (χ4v) is 2.65. The van der Waals surface area contributed by atoms with Gasteiger partial charge in [-0.05, 0) is 50.2 Å². The Bertz CT molecular complexity index is 619. The van der Waals surface area contributed by atoms with Crippen molar-refractivity contribution in [2.75, 3.05) is 18.4 Å². The SMILES string of the molecule is O=C(Nc1ccc(Cl)nn1)c1cccn1C1CCNCC1. The number of hydrogen-bond acceptors (Lipinski definition) is 4. The summed E-state index contributed by atoms with van der Waals surface area (Å²) in [5.41, 5.74) is 0.638. The van der Waals surface area contributed by atoms with Crippen LogP contribution in [0.1, 0.15) is 29.4 Å². The number of piperidine rings is 1. The summed E-state index contributed by atoms with van der Waals surface area (Å²) in [6.07, 6.45) is 4.00. The number of rotatable bonds is 3. The standard InChI is InChI=1S/C14H16ClN5O/c15-12-3-4-13(19-18-12)17-14(21)11-2-1-9-20(11)10-5-7-16-8-6-10/h1-4,9-10,16H,5-8H2,(H,17,19,21). The van der Waals surface area contributed by atoms with Gasteiger partial charge in [0.15, 0.2) is 11.0 Å². The number of nitrogens with one attached hydrogen (secondary N) is 2. The highest BCUT2D eigenvalue weighted by molar-refractivity contribution is 6.29. The molecular formula is C14H16ClN5O. The normalized spacial score (nSPS) is 15.9. The predicted octanol–water partition coefficient (Wildman–Crippen LogP) is 2.11. The molecule has 1 aliphatic rings. The third kappa shape index (κ3) is 3.22. The van der Waals surface area contributed by atoms with E-state index in [9.17, 15) is 4.79 Å². The molecule has 1 amide bonds. The average Bonchev–Trinajstić information content (AvgIpc) is 3.00. The lowest BCUT2D eigenvalue weighted by Gasteiger charge is -2.25. The Labute approximate surface area is 127 Å². The number of halogens is 1. The minimum Gasteiger partial charge on any atom is -0.340 e. The summed E-state index contributed by atoms with van der Waals surface area (Å²) in [5.74, 6) is 0.206. The van der Waals surface area contributed by atoms with E-state index in [1.807, 2.05) is 22.9 Å². The molecule has 0 atom stereocenters.